The Morgan fingerprint density at radius 2 is 2.33 bits per heavy atom. The molecule has 2 aliphatic heterocycles. The lowest BCUT2D eigenvalue weighted by atomic mass is 9.96. The van der Waals surface area contributed by atoms with E-state index < -0.39 is 0 Å². The predicted octanol–water partition coefficient (Wildman–Crippen LogP) is 1.08. The Kier molecular flexibility index (Phi) is 4.00. The lowest BCUT2D eigenvalue weighted by Crippen LogP contribution is -2.45. The largest absolute Gasteiger partial charge is 0.381 e. The summed E-state index contributed by atoms with van der Waals surface area (Å²) in [7, 11) is 0. The molecule has 2 fully saturated rings. The van der Waals surface area contributed by atoms with Crippen molar-refractivity contribution in [3.63, 3.8) is 0 Å². The van der Waals surface area contributed by atoms with Gasteiger partial charge in [0.2, 0.25) is 0 Å². The lowest BCUT2D eigenvalue weighted by Gasteiger charge is -2.33. The van der Waals surface area contributed by atoms with Gasteiger partial charge in [0, 0.05) is 31.7 Å². The maximum Gasteiger partial charge on any atom is 0.0510 e. The third-order valence-corrected chi connectivity index (χ3v) is 3.78. The lowest BCUT2D eigenvalue weighted by molar-refractivity contribution is 0.147. The van der Waals surface area contributed by atoms with E-state index in [0.717, 1.165) is 32.1 Å². The first-order chi connectivity index (χ1) is 7.25. The quantitative estimate of drug-likeness (QED) is 0.761. The number of piperidine rings is 1. The molecule has 0 aromatic heterocycles. The number of likely N-dealkylation sites (tertiary alicyclic amines) is 1. The Hall–Kier alpha value is -0.120. The van der Waals surface area contributed by atoms with Crippen molar-refractivity contribution in [2.45, 2.75) is 32.2 Å². The molecule has 0 bridgehead atoms. The number of hydrogen-bond donors (Lipinski definition) is 1. The first-order valence-electron chi connectivity index (χ1n) is 6.31. The van der Waals surface area contributed by atoms with Crippen LogP contribution in [-0.4, -0.2) is 43.8 Å². The average Bonchev–Trinajstić information content (AvgIpc) is 2.70. The highest BCUT2D eigenvalue weighted by atomic mass is 16.5. The van der Waals surface area contributed by atoms with Crippen LogP contribution in [0.15, 0.2) is 0 Å². The Morgan fingerprint density at radius 3 is 3.00 bits per heavy atom. The minimum Gasteiger partial charge on any atom is -0.381 e. The van der Waals surface area contributed by atoms with Gasteiger partial charge in [0.1, 0.15) is 0 Å². The van der Waals surface area contributed by atoms with Crippen LogP contribution in [0.2, 0.25) is 0 Å². The van der Waals surface area contributed by atoms with Gasteiger partial charge in [0.05, 0.1) is 6.61 Å². The predicted molar refractivity (Wildman–Crippen MR) is 61.7 cm³/mol. The van der Waals surface area contributed by atoms with E-state index in [9.17, 15) is 0 Å². The molecule has 2 rings (SSSR count). The molecule has 0 saturated carbocycles. The molecular weight excluding hydrogens is 188 g/mol. The standard InChI is InChI=1S/C12H24N2O/c1-10-3-2-5-14(7-10)8-12(13)11-4-6-15-9-11/h10-12H,2-9,13H2,1H3. The van der Waals surface area contributed by atoms with E-state index in [1.165, 1.54) is 25.9 Å². The van der Waals surface area contributed by atoms with E-state index in [1.807, 2.05) is 0 Å². The number of hydrogen-bond acceptors (Lipinski definition) is 3. The zero-order chi connectivity index (χ0) is 10.7. The van der Waals surface area contributed by atoms with Crippen molar-refractivity contribution in [2.75, 3.05) is 32.8 Å². The fourth-order valence-electron chi connectivity index (χ4n) is 2.79. The summed E-state index contributed by atoms with van der Waals surface area (Å²) in [5.74, 6) is 1.45. The maximum atomic E-state index is 6.23. The molecule has 2 heterocycles. The summed E-state index contributed by atoms with van der Waals surface area (Å²) in [6.07, 6.45) is 3.89. The van der Waals surface area contributed by atoms with Gasteiger partial charge in [0.15, 0.2) is 0 Å². The Labute approximate surface area is 93.0 Å². The van der Waals surface area contributed by atoms with Crippen LogP contribution in [0.3, 0.4) is 0 Å². The van der Waals surface area contributed by atoms with Crippen LogP contribution >= 0.6 is 0 Å². The van der Waals surface area contributed by atoms with Crippen molar-refractivity contribution in [1.82, 2.24) is 4.90 Å². The van der Waals surface area contributed by atoms with Gasteiger partial charge in [-0.05, 0) is 31.7 Å². The molecule has 3 nitrogen and oxygen atoms in total. The van der Waals surface area contributed by atoms with Crippen LogP contribution in [0.4, 0.5) is 0 Å². The SMILES string of the molecule is CC1CCCN(CC(N)C2CCOC2)C1. The Bertz CT molecular complexity index is 192. The zero-order valence-electron chi connectivity index (χ0n) is 9.82. The van der Waals surface area contributed by atoms with Gasteiger partial charge in [-0.3, -0.25) is 0 Å². The Balaban J connectivity index is 1.74. The monoisotopic (exact) mass is 212 g/mol. The molecule has 2 saturated heterocycles. The highest BCUT2D eigenvalue weighted by molar-refractivity contribution is 4.81. The molecule has 0 aromatic carbocycles. The van der Waals surface area contributed by atoms with Crippen molar-refractivity contribution in [3.05, 3.63) is 0 Å². The molecule has 0 aliphatic carbocycles. The molecule has 0 aromatic rings. The second-order valence-electron chi connectivity index (χ2n) is 5.29. The van der Waals surface area contributed by atoms with Gasteiger partial charge in [-0.25, -0.2) is 0 Å². The molecule has 3 unspecified atom stereocenters. The van der Waals surface area contributed by atoms with Crippen LogP contribution in [0.25, 0.3) is 0 Å². The topological polar surface area (TPSA) is 38.5 Å². The molecule has 2 N–H and O–H groups in total. The van der Waals surface area contributed by atoms with Crippen LogP contribution < -0.4 is 5.73 Å². The first kappa shape index (κ1) is 11.4. The molecule has 2 aliphatic rings. The van der Waals surface area contributed by atoms with Gasteiger partial charge in [0.25, 0.3) is 0 Å². The molecule has 88 valence electrons. The van der Waals surface area contributed by atoms with E-state index in [2.05, 4.69) is 11.8 Å². The van der Waals surface area contributed by atoms with E-state index in [-0.39, 0.29) is 0 Å². The zero-order valence-corrected chi connectivity index (χ0v) is 9.82. The van der Waals surface area contributed by atoms with Gasteiger partial charge >= 0.3 is 0 Å². The van der Waals surface area contributed by atoms with Crippen molar-refractivity contribution in [2.24, 2.45) is 17.6 Å². The minimum absolute atomic E-state index is 0.317. The maximum absolute atomic E-state index is 6.23. The van der Waals surface area contributed by atoms with Crippen molar-refractivity contribution < 1.29 is 4.74 Å². The fraction of sp³-hybridized carbons (Fsp3) is 1.00. The van der Waals surface area contributed by atoms with Crippen molar-refractivity contribution in [1.29, 1.82) is 0 Å². The summed E-state index contributed by atoms with van der Waals surface area (Å²) < 4.78 is 5.39. The third-order valence-electron chi connectivity index (χ3n) is 3.78. The molecule has 15 heavy (non-hydrogen) atoms. The van der Waals surface area contributed by atoms with Crippen LogP contribution in [0.1, 0.15) is 26.2 Å². The normalized spacial score (nSPS) is 35.6. The Morgan fingerprint density at radius 1 is 1.47 bits per heavy atom. The summed E-state index contributed by atoms with van der Waals surface area (Å²) in [4.78, 5) is 2.54. The number of ether oxygens (including phenoxy) is 1. The molecule has 0 amide bonds. The summed E-state index contributed by atoms with van der Waals surface area (Å²) in [6, 6.07) is 0.317. The minimum atomic E-state index is 0.317. The van der Waals surface area contributed by atoms with E-state index in [4.69, 9.17) is 10.5 Å². The van der Waals surface area contributed by atoms with E-state index in [1.54, 1.807) is 0 Å². The van der Waals surface area contributed by atoms with Crippen LogP contribution in [0, 0.1) is 11.8 Å². The average molecular weight is 212 g/mol. The summed E-state index contributed by atoms with van der Waals surface area (Å²) >= 11 is 0. The fourth-order valence-corrected chi connectivity index (χ4v) is 2.79. The summed E-state index contributed by atoms with van der Waals surface area (Å²) in [5, 5.41) is 0. The first-order valence-corrected chi connectivity index (χ1v) is 6.31. The molecule has 3 atom stereocenters. The van der Waals surface area contributed by atoms with Gasteiger partial charge < -0.3 is 15.4 Å². The number of nitrogens with zero attached hydrogens (tertiary/aromatic N) is 1. The smallest absolute Gasteiger partial charge is 0.0510 e. The van der Waals surface area contributed by atoms with Crippen LogP contribution in [-0.2, 0) is 4.74 Å². The molecule has 3 heteroatoms. The van der Waals surface area contributed by atoms with Crippen molar-refractivity contribution >= 4 is 0 Å². The van der Waals surface area contributed by atoms with Gasteiger partial charge in [-0.1, -0.05) is 6.92 Å². The molecule has 0 spiro atoms. The van der Waals surface area contributed by atoms with E-state index >= 15 is 0 Å². The second kappa shape index (κ2) is 5.28. The second-order valence-corrected chi connectivity index (χ2v) is 5.29. The van der Waals surface area contributed by atoms with E-state index in [0.29, 0.717) is 12.0 Å². The van der Waals surface area contributed by atoms with Crippen molar-refractivity contribution in [3.8, 4) is 0 Å². The molecular formula is C12H24N2O. The third kappa shape index (κ3) is 3.16. The number of nitrogens with two attached hydrogens (primary N) is 1. The summed E-state index contributed by atoms with van der Waals surface area (Å²) in [6.45, 7) is 7.68. The molecule has 0 radical (unpaired) electrons. The summed E-state index contributed by atoms with van der Waals surface area (Å²) in [5.41, 5.74) is 6.23. The van der Waals surface area contributed by atoms with Crippen LogP contribution in [0.5, 0.6) is 0 Å². The van der Waals surface area contributed by atoms with Gasteiger partial charge in [-0.15, -0.1) is 0 Å². The highest BCUT2D eigenvalue weighted by Gasteiger charge is 2.26. The number of rotatable bonds is 3. The highest BCUT2D eigenvalue weighted by Crippen LogP contribution is 2.19. The van der Waals surface area contributed by atoms with Gasteiger partial charge in [-0.2, -0.15) is 0 Å².